The summed E-state index contributed by atoms with van der Waals surface area (Å²) < 4.78 is 5.77. The van der Waals surface area contributed by atoms with E-state index in [-0.39, 0.29) is 11.9 Å². The highest BCUT2D eigenvalue weighted by Crippen LogP contribution is 2.15. The van der Waals surface area contributed by atoms with Crippen LogP contribution < -0.4 is 10.1 Å². The average Bonchev–Trinajstić information content (AvgIpc) is 2.92. The summed E-state index contributed by atoms with van der Waals surface area (Å²) in [5, 5.41) is 3.32. The molecule has 1 atom stereocenters. The van der Waals surface area contributed by atoms with Gasteiger partial charge in [-0.1, -0.05) is 42.5 Å². The second kappa shape index (κ2) is 7.29. The maximum absolute atomic E-state index is 11.8. The number of ether oxygens (including phenoxy) is 1. The third-order valence-electron chi connectivity index (χ3n) is 4.15. The first-order valence-electron chi connectivity index (χ1n) is 7.96. The number of carbonyl (C=O) groups excluding carboxylic acids is 1. The van der Waals surface area contributed by atoms with Gasteiger partial charge in [0.1, 0.15) is 12.4 Å². The molecule has 0 unspecified atom stereocenters. The van der Waals surface area contributed by atoms with Crippen LogP contribution in [0.3, 0.4) is 0 Å². The number of hydrogen-bond acceptors (Lipinski definition) is 3. The molecule has 1 fully saturated rings. The molecule has 0 aromatic heterocycles. The second-order valence-corrected chi connectivity index (χ2v) is 5.90. The highest BCUT2D eigenvalue weighted by molar-refractivity contribution is 5.83. The van der Waals surface area contributed by atoms with Crippen LogP contribution in [0.2, 0.25) is 0 Å². The number of hydrogen-bond donors (Lipinski definition) is 1. The molecule has 0 radical (unpaired) electrons. The summed E-state index contributed by atoms with van der Waals surface area (Å²) >= 11 is 0. The van der Waals surface area contributed by atoms with E-state index in [2.05, 4.69) is 5.32 Å². The monoisotopic (exact) mass is 310 g/mol. The van der Waals surface area contributed by atoms with Gasteiger partial charge in [0.25, 0.3) is 0 Å². The lowest BCUT2D eigenvalue weighted by Gasteiger charge is -2.12. The number of nitrogens with one attached hydrogen (secondary N) is 1. The van der Waals surface area contributed by atoms with Crippen LogP contribution in [0.25, 0.3) is 0 Å². The number of amides is 1. The summed E-state index contributed by atoms with van der Waals surface area (Å²) in [5.74, 6) is 1.04. The fraction of sp³-hybridized carbons (Fsp3) is 0.316. The van der Waals surface area contributed by atoms with Gasteiger partial charge in [-0.2, -0.15) is 0 Å². The molecule has 1 saturated heterocycles. The molecule has 120 valence electrons. The molecule has 0 aliphatic carbocycles. The number of likely N-dealkylation sites (N-methyl/N-ethyl adjacent to an activating group) is 1. The van der Waals surface area contributed by atoms with E-state index in [0.29, 0.717) is 13.2 Å². The van der Waals surface area contributed by atoms with Crippen molar-refractivity contribution in [3.05, 3.63) is 65.7 Å². The Bertz CT molecular complexity index is 640. The molecular formula is C19H22N2O2. The smallest absolute Gasteiger partial charge is 0.239 e. The van der Waals surface area contributed by atoms with Crippen LogP contribution in [0.4, 0.5) is 0 Å². The predicted octanol–water partition coefficient (Wildman–Crippen LogP) is 2.59. The van der Waals surface area contributed by atoms with Crippen molar-refractivity contribution in [3.63, 3.8) is 0 Å². The van der Waals surface area contributed by atoms with Crippen LogP contribution in [0.15, 0.2) is 54.6 Å². The molecule has 1 N–H and O–H groups in total. The van der Waals surface area contributed by atoms with E-state index in [4.69, 9.17) is 4.74 Å². The zero-order chi connectivity index (χ0) is 16.1. The SMILES string of the molecule is CN1CC[C@H](NCc2ccc(OCc3ccccc3)cc2)C1=O. The predicted molar refractivity (Wildman–Crippen MR) is 90.1 cm³/mol. The third-order valence-corrected chi connectivity index (χ3v) is 4.15. The minimum absolute atomic E-state index is 0.0472. The van der Waals surface area contributed by atoms with Gasteiger partial charge in [-0.15, -0.1) is 0 Å². The molecule has 0 bridgehead atoms. The normalized spacial score (nSPS) is 17.5. The molecule has 23 heavy (non-hydrogen) atoms. The van der Waals surface area contributed by atoms with Gasteiger partial charge in [-0.3, -0.25) is 4.79 Å². The zero-order valence-corrected chi connectivity index (χ0v) is 13.4. The van der Waals surface area contributed by atoms with E-state index in [0.717, 1.165) is 29.8 Å². The van der Waals surface area contributed by atoms with Gasteiger partial charge in [-0.05, 0) is 29.7 Å². The van der Waals surface area contributed by atoms with E-state index >= 15 is 0 Å². The molecule has 0 spiro atoms. The minimum atomic E-state index is -0.0472. The largest absolute Gasteiger partial charge is 0.489 e. The van der Waals surface area contributed by atoms with E-state index < -0.39 is 0 Å². The van der Waals surface area contributed by atoms with Crippen LogP contribution in [0.5, 0.6) is 5.75 Å². The number of carbonyl (C=O) groups is 1. The van der Waals surface area contributed by atoms with Gasteiger partial charge >= 0.3 is 0 Å². The first-order valence-corrected chi connectivity index (χ1v) is 7.96. The van der Waals surface area contributed by atoms with Crippen molar-refractivity contribution in [3.8, 4) is 5.75 Å². The van der Waals surface area contributed by atoms with Crippen molar-refractivity contribution in [2.45, 2.75) is 25.6 Å². The average molecular weight is 310 g/mol. The van der Waals surface area contributed by atoms with Gasteiger partial charge in [0.2, 0.25) is 5.91 Å². The van der Waals surface area contributed by atoms with Gasteiger partial charge in [0, 0.05) is 20.1 Å². The summed E-state index contributed by atoms with van der Waals surface area (Å²) in [5.41, 5.74) is 2.31. The number of nitrogens with zero attached hydrogens (tertiary/aromatic N) is 1. The Morgan fingerprint density at radius 3 is 2.48 bits per heavy atom. The molecule has 1 aliphatic rings. The van der Waals surface area contributed by atoms with Crippen molar-refractivity contribution in [1.82, 2.24) is 10.2 Å². The van der Waals surface area contributed by atoms with E-state index in [9.17, 15) is 4.79 Å². The maximum atomic E-state index is 11.8. The van der Waals surface area contributed by atoms with Crippen molar-refractivity contribution in [1.29, 1.82) is 0 Å². The van der Waals surface area contributed by atoms with E-state index in [1.165, 1.54) is 0 Å². The lowest BCUT2D eigenvalue weighted by Crippen LogP contribution is -2.36. The Kier molecular flexibility index (Phi) is 4.93. The van der Waals surface area contributed by atoms with Crippen LogP contribution in [-0.2, 0) is 17.9 Å². The first-order chi connectivity index (χ1) is 11.2. The van der Waals surface area contributed by atoms with Crippen molar-refractivity contribution in [2.24, 2.45) is 0 Å². The summed E-state index contributed by atoms with van der Waals surface area (Å²) in [6.07, 6.45) is 0.883. The molecular weight excluding hydrogens is 288 g/mol. The molecule has 4 nitrogen and oxygen atoms in total. The molecule has 1 aliphatic heterocycles. The topological polar surface area (TPSA) is 41.6 Å². The Labute approximate surface area is 137 Å². The summed E-state index contributed by atoms with van der Waals surface area (Å²) in [7, 11) is 1.85. The van der Waals surface area contributed by atoms with E-state index in [1.54, 1.807) is 4.90 Å². The van der Waals surface area contributed by atoms with Crippen LogP contribution >= 0.6 is 0 Å². The first kappa shape index (κ1) is 15.6. The fourth-order valence-corrected chi connectivity index (χ4v) is 2.70. The van der Waals surface area contributed by atoms with Gasteiger partial charge in [-0.25, -0.2) is 0 Å². The Balaban J connectivity index is 1.48. The summed E-state index contributed by atoms with van der Waals surface area (Å²) in [4.78, 5) is 13.6. The van der Waals surface area contributed by atoms with Crippen LogP contribution in [0, 0.1) is 0 Å². The highest BCUT2D eigenvalue weighted by atomic mass is 16.5. The molecule has 1 amide bonds. The zero-order valence-electron chi connectivity index (χ0n) is 13.4. The molecule has 2 aromatic carbocycles. The van der Waals surface area contributed by atoms with Gasteiger partial charge < -0.3 is 15.0 Å². The quantitative estimate of drug-likeness (QED) is 0.891. The van der Waals surface area contributed by atoms with Crippen molar-refractivity contribution < 1.29 is 9.53 Å². The molecule has 3 rings (SSSR count). The van der Waals surface area contributed by atoms with E-state index in [1.807, 2.05) is 61.6 Å². The molecule has 0 saturated carbocycles. The van der Waals surface area contributed by atoms with Crippen molar-refractivity contribution in [2.75, 3.05) is 13.6 Å². The van der Waals surface area contributed by atoms with Crippen molar-refractivity contribution >= 4 is 5.91 Å². The standard InChI is InChI=1S/C19H22N2O2/c1-21-12-11-18(19(21)22)20-13-15-7-9-17(10-8-15)23-14-16-5-3-2-4-6-16/h2-10,18,20H,11-14H2,1H3/t18-/m0/s1. The molecule has 2 aromatic rings. The fourth-order valence-electron chi connectivity index (χ4n) is 2.70. The number of rotatable bonds is 6. The van der Waals surface area contributed by atoms with Crippen LogP contribution in [-0.4, -0.2) is 30.4 Å². The third kappa shape index (κ3) is 4.11. The molecule has 1 heterocycles. The Morgan fingerprint density at radius 2 is 1.83 bits per heavy atom. The summed E-state index contributed by atoms with van der Waals surface area (Å²) in [6.45, 7) is 2.10. The highest BCUT2D eigenvalue weighted by Gasteiger charge is 2.28. The summed E-state index contributed by atoms with van der Waals surface area (Å²) in [6, 6.07) is 18.1. The Hall–Kier alpha value is -2.33. The maximum Gasteiger partial charge on any atom is 0.239 e. The van der Waals surface area contributed by atoms with Gasteiger partial charge in [0.05, 0.1) is 6.04 Å². The van der Waals surface area contributed by atoms with Gasteiger partial charge in [0.15, 0.2) is 0 Å². The number of likely N-dealkylation sites (tertiary alicyclic amines) is 1. The lowest BCUT2D eigenvalue weighted by molar-refractivity contribution is -0.128. The van der Waals surface area contributed by atoms with Crippen LogP contribution in [0.1, 0.15) is 17.5 Å². The second-order valence-electron chi connectivity index (χ2n) is 5.90. The minimum Gasteiger partial charge on any atom is -0.489 e. The molecule has 4 heteroatoms. The Morgan fingerprint density at radius 1 is 1.09 bits per heavy atom. The number of benzene rings is 2. The lowest BCUT2D eigenvalue weighted by atomic mass is 10.2.